The van der Waals surface area contributed by atoms with Gasteiger partial charge in [0.2, 0.25) is 0 Å². The van der Waals surface area contributed by atoms with Crippen molar-refractivity contribution in [3.63, 3.8) is 0 Å². The molecule has 0 heterocycles. The Kier molecular flexibility index (Phi) is 4.79. The van der Waals surface area contributed by atoms with Gasteiger partial charge in [-0.2, -0.15) is 0 Å². The molecular weight excluding hydrogens is 222 g/mol. The van der Waals surface area contributed by atoms with Crippen LogP contribution in [0.2, 0.25) is 0 Å². The highest BCUT2D eigenvalue weighted by Gasteiger charge is 2.24. The third-order valence-electron chi connectivity index (χ3n) is 4.03. The summed E-state index contributed by atoms with van der Waals surface area (Å²) >= 11 is 0. The molecule has 1 fully saturated rings. The standard InChI is InChI=1S/C16H25NO/c1-13(2)17(16-5-3-4-6-16)11-14-7-9-15(12-18)10-8-14/h7-10,13,16,18H,3-6,11-12H2,1-2H3. The second-order valence-corrected chi connectivity index (χ2v) is 5.68. The number of aliphatic hydroxyl groups excluding tert-OH is 1. The molecule has 100 valence electrons. The maximum atomic E-state index is 9.06. The van der Waals surface area contributed by atoms with Crippen LogP contribution < -0.4 is 0 Å². The summed E-state index contributed by atoms with van der Waals surface area (Å²) < 4.78 is 0. The fraction of sp³-hybridized carbons (Fsp3) is 0.625. The SMILES string of the molecule is CC(C)N(Cc1ccc(CO)cc1)C1CCCC1. The number of hydrogen-bond donors (Lipinski definition) is 1. The van der Waals surface area contributed by atoms with Crippen molar-refractivity contribution >= 4 is 0 Å². The summed E-state index contributed by atoms with van der Waals surface area (Å²) in [6.07, 6.45) is 5.48. The van der Waals surface area contributed by atoms with Gasteiger partial charge in [0.15, 0.2) is 0 Å². The molecule has 1 saturated carbocycles. The van der Waals surface area contributed by atoms with Crippen molar-refractivity contribution in [3.05, 3.63) is 35.4 Å². The molecular formula is C16H25NO. The molecule has 0 saturated heterocycles. The van der Waals surface area contributed by atoms with Gasteiger partial charge >= 0.3 is 0 Å². The van der Waals surface area contributed by atoms with E-state index >= 15 is 0 Å². The molecule has 2 nitrogen and oxygen atoms in total. The zero-order chi connectivity index (χ0) is 13.0. The van der Waals surface area contributed by atoms with Crippen LogP contribution in [0, 0.1) is 0 Å². The molecule has 0 bridgehead atoms. The van der Waals surface area contributed by atoms with Crippen molar-refractivity contribution in [1.82, 2.24) is 4.90 Å². The van der Waals surface area contributed by atoms with Crippen LogP contribution in [0.5, 0.6) is 0 Å². The van der Waals surface area contributed by atoms with Gasteiger partial charge in [0.1, 0.15) is 0 Å². The lowest BCUT2D eigenvalue weighted by Gasteiger charge is -2.32. The van der Waals surface area contributed by atoms with Gasteiger partial charge in [-0.25, -0.2) is 0 Å². The molecule has 0 aromatic heterocycles. The van der Waals surface area contributed by atoms with Crippen LogP contribution >= 0.6 is 0 Å². The molecule has 2 heteroatoms. The highest BCUT2D eigenvalue weighted by atomic mass is 16.3. The van der Waals surface area contributed by atoms with Crippen LogP contribution in [0.1, 0.15) is 50.7 Å². The topological polar surface area (TPSA) is 23.5 Å². The van der Waals surface area contributed by atoms with Gasteiger partial charge in [-0.15, -0.1) is 0 Å². The smallest absolute Gasteiger partial charge is 0.0681 e. The zero-order valence-corrected chi connectivity index (χ0v) is 11.6. The molecule has 18 heavy (non-hydrogen) atoms. The molecule has 0 spiro atoms. The van der Waals surface area contributed by atoms with Crippen LogP contribution in [-0.4, -0.2) is 22.1 Å². The molecule has 1 N–H and O–H groups in total. The largest absolute Gasteiger partial charge is 0.392 e. The number of aliphatic hydroxyl groups is 1. The minimum atomic E-state index is 0.136. The Morgan fingerprint density at radius 1 is 1.11 bits per heavy atom. The van der Waals surface area contributed by atoms with Crippen LogP contribution in [0.15, 0.2) is 24.3 Å². The highest BCUT2D eigenvalue weighted by Crippen LogP contribution is 2.26. The minimum absolute atomic E-state index is 0.136. The molecule has 0 unspecified atom stereocenters. The Hall–Kier alpha value is -0.860. The summed E-state index contributed by atoms with van der Waals surface area (Å²) in [5.74, 6) is 0. The normalized spacial score (nSPS) is 16.9. The van der Waals surface area contributed by atoms with Gasteiger partial charge in [0.25, 0.3) is 0 Å². The summed E-state index contributed by atoms with van der Waals surface area (Å²) in [7, 11) is 0. The maximum absolute atomic E-state index is 9.06. The van der Waals surface area contributed by atoms with Gasteiger partial charge in [-0.05, 0) is 37.8 Å². The van der Waals surface area contributed by atoms with Gasteiger partial charge in [-0.3, -0.25) is 4.90 Å². The maximum Gasteiger partial charge on any atom is 0.0681 e. The van der Waals surface area contributed by atoms with E-state index in [-0.39, 0.29) is 6.61 Å². The molecule has 2 rings (SSSR count). The molecule has 1 aromatic rings. The molecule has 1 aliphatic rings. The van der Waals surface area contributed by atoms with E-state index in [1.807, 2.05) is 12.1 Å². The summed E-state index contributed by atoms with van der Waals surface area (Å²) in [5.41, 5.74) is 2.35. The lowest BCUT2D eigenvalue weighted by atomic mass is 10.1. The Bertz CT molecular complexity index is 352. The van der Waals surface area contributed by atoms with Crippen molar-refractivity contribution in [2.45, 2.75) is 64.8 Å². The van der Waals surface area contributed by atoms with E-state index in [4.69, 9.17) is 5.11 Å². The fourth-order valence-corrected chi connectivity index (χ4v) is 2.93. The first kappa shape index (κ1) is 13.6. The van der Waals surface area contributed by atoms with Gasteiger partial charge in [0.05, 0.1) is 6.61 Å². The predicted octanol–water partition coefficient (Wildman–Crippen LogP) is 3.33. The number of benzene rings is 1. The second kappa shape index (κ2) is 6.35. The summed E-state index contributed by atoms with van der Waals surface area (Å²) in [6.45, 7) is 5.76. The van der Waals surface area contributed by atoms with E-state index < -0.39 is 0 Å². The van der Waals surface area contributed by atoms with Gasteiger partial charge in [-0.1, -0.05) is 37.1 Å². The molecule has 0 radical (unpaired) electrons. The van der Waals surface area contributed by atoms with Crippen LogP contribution in [0.4, 0.5) is 0 Å². The van der Waals surface area contributed by atoms with Gasteiger partial charge < -0.3 is 5.11 Å². The van der Waals surface area contributed by atoms with Crippen molar-refractivity contribution < 1.29 is 5.11 Å². The third-order valence-corrected chi connectivity index (χ3v) is 4.03. The van der Waals surface area contributed by atoms with E-state index in [0.717, 1.165) is 18.2 Å². The average Bonchev–Trinajstić information content (AvgIpc) is 2.90. The summed E-state index contributed by atoms with van der Waals surface area (Å²) in [6, 6.07) is 9.73. The Morgan fingerprint density at radius 3 is 2.17 bits per heavy atom. The van der Waals surface area contributed by atoms with E-state index in [1.165, 1.54) is 31.2 Å². The molecule has 1 aliphatic carbocycles. The van der Waals surface area contributed by atoms with Crippen LogP contribution in [-0.2, 0) is 13.2 Å². The van der Waals surface area contributed by atoms with E-state index in [0.29, 0.717) is 6.04 Å². The number of hydrogen-bond acceptors (Lipinski definition) is 2. The molecule has 0 amide bonds. The van der Waals surface area contributed by atoms with E-state index in [1.54, 1.807) is 0 Å². The number of rotatable bonds is 5. The predicted molar refractivity (Wildman–Crippen MR) is 75.3 cm³/mol. The first-order chi connectivity index (χ1) is 8.70. The minimum Gasteiger partial charge on any atom is -0.392 e. The lowest BCUT2D eigenvalue weighted by Crippen LogP contribution is -2.38. The molecule has 1 aromatic carbocycles. The zero-order valence-electron chi connectivity index (χ0n) is 11.6. The van der Waals surface area contributed by atoms with E-state index in [2.05, 4.69) is 30.9 Å². The summed E-state index contributed by atoms with van der Waals surface area (Å²) in [5, 5.41) is 9.06. The Morgan fingerprint density at radius 2 is 1.67 bits per heavy atom. The second-order valence-electron chi connectivity index (χ2n) is 5.68. The monoisotopic (exact) mass is 247 g/mol. The Balaban J connectivity index is 2.03. The first-order valence-electron chi connectivity index (χ1n) is 7.15. The van der Waals surface area contributed by atoms with Crippen LogP contribution in [0.25, 0.3) is 0 Å². The third kappa shape index (κ3) is 3.33. The van der Waals surface area contributed by atoms with Crippen molar-refractivity contribution in [2.75, 3.05) is 0 Å². The molecule has 0 aliphatic heterocycles. The van der Waals surface area contributed by atoms with Crippen molar-refractivity contribution in [2.24, 2.45) is 0 Å². The van der Waals surface area contributed by atoms with E-state index in [9.17, 15) is 0 Å². The lowest BCUT2D eigenvalue weighted by molar-refractivity contribution is 0.146. The van der Waals surface area contributed by atoms with Crippen LogP contribution in [0.3, 0.4) is 0 Å². The quantitative estimate of drug-likeness (QED) is 0.862. The number of nitrogens with zero attached hydrogens (tertiary/aromatic N) is 1. The van der Waals surface area contributed by atoms with Gasteiger partial charge in [0, 0.05) is 18.6 Å². The first-order valence-corrected chi connectivity index (χ1v) is 7.15. The highest BCUT2D eigenvalue weighted by molar-refractivity contribution is 5.22. The Labute approximate surface area is 111 Å². The van der Waals surface area contributed by atoms with Crippen molar-refractivity contribution in [3.8, 4) is 0 Å². The van der Waals surface area contributed by atoms with Crippen molar-refractivity contribution in [1.29, 1.82) is 0 Å². The average molecular weight is 247 g/mol. The molecule has 0 atom stereocenters. The summed E-state index contributed by atoms with van der Waals surface area (Å²) in [4.78, 5) is 2.63. The fourth-order valence-electron chi connectivity index (χ4n) is 2.93.